The number of nitrogens with zero attached hydrogens (tertiary/aromatic N) is 1. The molecule has 3 aromatic rings. The van der Waals surface area contributed by atoms with Crippen LogP contribution in [-0.2, 0) is 4.79 Å². The fourth-order valence-electron chi connectivity index (χ4n) is 4.17. The van der Waals surface area contributed by atoms with Gasteiger partial charge in [-0.1, -0.05) is 85.7 Å². The van der Waals surface area contributed by atoms with E-state index in [-0.39, 0.29) is 12.3 Å². The highest BCUT2D eigenvalue weighted by Gasteiger charge is 2.18. The number of aryl methyl sites for hydroxylation is 2. The molecular weight excluding hydrogens is 426 g/mol. The van der Waals surface area contributed by atoms with Crippen molar-refractivity contribution in [3.05, 3.63) is 83.1 Å². The maximum Gasteiger partial charge on any atom is 0.305 e. The van der Waals surface area contributed by atoms with Gasteiger partial charge >= 0.3 is 5.97 Å². The zero-order valence-corrected chi connectivity index (χ0v) is 20.2. The maximum absolute atomic E-state index is 10.8. The van der Waals surface area contributed by atoms with Gasteiger partial charge in [0.15, 0.2) is 0 Å². The number of rotatable bonds is 9. The number of aliphatic hydroxyl groups is 2. The molecule has 0 unspecified atom stereocenters. The smallest absolute Gasteiger partial charge is 0.305 e. The molecule has 0 fully saturated rings. The molecule has 0 radical (unpaired) electrons. The van der Waals surface area contributed by atoms with Crippen molar-refractivity contribution in [3.8, 4) is 22.4 Å². The highest BCUT2D eigenvalue weighted by atomic mass is 16.4. The number of carboxylic acids is 1. The number of aromatic nitrogens is 1. The van der Waals surface area contributed by atoms with E-state index in [1.54, 1.807) is 6.08 Å². The minimum absolute atomic E-state index is 0.0474. The van der Waals surface area contributed by atoms with Crippen LogP contribution in [0.2, 0.25) is 0 Å². The van der Waals surface area contributed by atoms with E-state index in [1.165, 1.54) is 0 Å². The van der Waals surface area contributed by atoms with Crippen molar-refractivity contribution in [2.45, 2.75) is 58.7 Å². The van der Waals surface area contributed by atoms with Gasteiger partial charge in [0.2, 0.25) is 0 Å². The van der Waals surface area contributed by atoms with Crippen LogP contribution in [-0.4, -0.2) is 38.5 Å². The van der Waals surface area contributed by atoms with Crippen LogP contribution in [0.3, 0.4) is 0 Å². The summed E-state index contributed by atoms with van der Waals surface area (Å²) in [7, 11) is 0. The van der Waals surface area contributed by atoms with Gasteiger partial charge in [0, 0.05) is 17.5 Å². The molecule has 0 aliphatic heterocycles. The molecule has 0 amide bonds. The lowest BCUT2D eigenvalue weighted by molar-refractivity contribution is -0.139. The largest absolute Gasteiger partial charge is 0.481 e. The Kier molecular flexibility index (Phi) is 8.37. The van der Waals surface area contributed by atoms with E-state index < -0.39 is 24.6 Å². The quantitative estimate of drug-likeness (QED) is 0.379. The van der Waals surface area contributed by atoms with Gasteiger partial charge < -0.3 is 15.3 Å². The number of carboxylic acid groups (broad SMARTS) is 1. The lowest BCUT2D eigenvalue weighted by Gasteiger charge is -2.18. The first-order chi connectivity index (χ1) is 16.1. The van der Waals surface area contributed by atoms with Crippen molar-refractivity contribution in [1.82, 2.24) is 4.98 Å². The summed E-state index contributed by atoms with van der Waals surface area (Å²) in [5.74, 6) is -0.966. The second kappa shape index (κ2) is 11.2. The molecular formula is C29H33NO4. The Balaban J connectivity index is 2.13. The molecule has 2 atom stereocenters. The number of pyridine rings is 1. The monoisotopic (exact) mass is 459 g/mol. The van der Waals surface area contributed by atoms with Gasteiger partial charge in [-0.2, -0.15) is 0 Å². The fraction of sp³-hybridized carbons (Fsp3) is 0.310. The third-order valence-corrected chi connectivity index (χ3v) is 5.65. The van der Waals surface area contributed by atoms with Gasteiger partial charge in [0.1, 0.15) is 0 Å². The van der Waals surface area contributed by atoms with Crippen molar-refractivity contribution in [2.24, 2.45) is 0 Å². The SMILES string of the molecule is Cc1cc(C)cc(-c2cc(-c3ccccc3)nc(C(C)C)c2/C=C/[C@@H](O)C[C@@H](O)CC(=O)O)c1. The van der Waals surface area contributed by atoms with E-state index in [9.17, 15) is 15.0 Å². The standard InChI is InChI=1S/C29H33NO4/c1-18(2)29-25(11-10-23(31)15-24(32)16-28(33)34)26(22-13-19(3)12-20(4)14-22)17-27(30-29)21-8-6-5-7-9-21/h5-14,17-18,23-24,31-32H,15-16H2,1-4H3,(H,33,34)/b11-10+/t23-,24-/m1/s1. The molecule has 0 bridgehead atoms. The lowest BCUT2D eigenvalue weighted by atomic mass is 9.90. The van der Waals surface area contributed by atoms with Gasteiger partial charge in [-0.25, -0.2) is 0 Å². The van der Waals surface area contributed by atoms with Gasteiger partial charge in [-0.15, -0.1) is 0 Å². The van der Waals surface area contributed by atoms with E-state index in [0.29, 0.717) is 0 Å². The molecule has 0 aliphatic rings. The number of carbonyl (C=O) groups is 1. The lowest BCUT2D eigenvalue weighted by Crippen LogP contribution is -2.19. The zero-order valence-electron chi connectivity index (χ0n) is 20.2. The molecule has 0 spiro atoms. The Morgan fingerprint density at radius 2 is 1.62 bits per heavy atom. The summed E-state index contributed by atoms with van der Waals surface area (Å²) < 4.78 is 0. The molecule has 1 heterocycles. The highest BCUT2D eigenvalue weighted by Crippen LogP contribution is 2.35. The van der Waals surface area contributed by atoms with Crippen LogP contribution < -0.4 is 0 Å². The Bertz CT molecular complexity index is 1150. The number of aliphatic carboxylic acids is 1. The number of aliphatic hydroxyl groups excluding tert-OH is 2. The van der Waals surface area contributed by atoms with Crippen molar-refractivity contribution >= 4 is 12.0 Å². The molecule has 0 aliphatic carbocycles. The van der Waals surface area contributed by atoms with Gasteiger partial charge in [0.05, 0.1) is 30.0 Å². The van der Waals surface area contributed by atoms with Gasteiger partial charge in [-0.05, 0) is 37.0 Å². The second-order valence-corrected chi connectivity index (χ2v) is 9.16. The van der Waals surface area contributed by atoms with Crippen LogP contribution in [0.15, 0.2) is 60.7 Å². The molecule has 3 N–H and O–H groups in total. The van der Waals surface area contributed by atoms with Crippen LogP contribution in [0.1, 0.15) is 55.0 Å². The summed E-state index contributed by atoms with van der Waals surface area (Å²) in [5, 5.41) is 29.2. The number of hydrogen-bond acceptors (Lipinski definition) is 4. The molecule has 0 saturated carbocycles. The van der Waals surface area contributed by atoms with E-state index in [0.717, 1.165) is 44.8 Å². The number of hydrogen-bond donors (Lipinski definition) is 3. The van der Waals surface area contributed by atoms with Crippen molar-refractivity contribution in [2.75, 3.05) is 0 Å². The Labute approximate surface area is 201 Å². The minimum atomic E-state index is -1.11. The molecule has 2 aromatic carbocycles. The molecule has 1 aromatic heterocycles. The Morgan fingerprint density at radius 3 is 2.21 bits per heavy atom. The first-order valence-electron chi connectivity index (χ1n) is 11.6. The summed E-state index contributed by atoms with van der Waals surface area (Å²) in [6.07, 6.45) is 0.927. The third kappa shape index (κ3) is 6.62. The predicted molar refractivity (Wildman–Crippen MR) is 137 cm³/mol. The summed E-state index contributed by atoms with van der Waals surface area (Å²) in [6, 6.07) is 18.6. The fourth-order valence-corrected chi connectivity index (χ4v) is 4.17. The van der Waals surface area contributed by atoms with Gasteiger partial charge in [-0.3, -0.25) is 9.78 Å². The van der Waals surface area contributed by atoms with Crippen LogP contribution in [0.5, 0.6) is 0 Å². The van der Waals surface area contributed by atoms with E-state index in [4.69, 9.17) is 10.1 Å². The molecule has 34 heavy (non-hydrogen) atoms. The molecule has 5 heteroatoms. The van der Waals surface area contributed by atoms with Crippen molar-refractivity contribution < 1.29 is 20.1 Å². The third-order valence-electron chi connectivity index (χ3n) is 5.65. The van der Waals surface area contributed by atoms with Crippen LogP contribution in [0.4, 0.5) is 0 Å². The first kappa shape index (κ1) is 25.3. The summed E-state index contributed by atoms with van der Waals surface area (Å²) in [6.45, 7) is 8.32. The molecule has 3 rings (SSSR count). The summed E-state index contributed by atoms with van der Waals surface area (Å²) >= 11 is 0. The van der Waals surface area contributed by atoms with Gasteiger partial charge in [0.25, 0.3) is 0 Å². The maximum atomic E-state index is 10.8. The van der Waals surface area contributed by atoms with E-state index in [2.05, 4.69) is 52.0 Å². The average molecular weight is 460 g/mol. The normalized spacial score (nSPS) is 13.4. The average Bonchev–Trinajstić information content (AvgIpc) is 2.76. The van der Waals surface area contributed by atoms with Crippen LogP contribution >= 0.6 is 0 Å². The van der Waals surface area contributed by atoms with Crippen molar-refractivity contribution in [3.63, 3.8) is 0 Å². The minimum Gasteiger partial charge on any atom is -0.481 e. The van der Waals surface area contributed by atoms with E-state index >= 15 is 0 Å². The first-order valence-corrected chi connectivity index (χ1v) is 11.6. The van der Waals surface area contributed by atoms with Crippen LogP contribution in [0, 0.1) is 13.8 Å². The van der Waals surface area contributed by atoms with E-state index in [1.807, 2.05) is 36.4 Å². The number of benzene rings is 2. The molecule has 5 nitrogen and oxygen atoms in total. The Hall–Kier alpha value is -3.28. The molecule has 0 saturated heterocycles. The summed E-state index contributed by atoms with van der Waals surface area (Å²) in [5.41, 5.74) is 8.13. The predicted octanol–water partition coefficient (Wildman–Crippen LogP) is 5.76. The molecule has 178 valence electrons. The second-order valence-electron chi connectivity index (χ2n) is 9.16. The zero-order chi connectivity index (χ0) is 24.8. The summed E-state index contributed by atoms with van der Waals surface area (Å²) in [4.78, 5) is 15.8. The van der Waals surface area contributed by atoms with Crippen molar-refractivity contribution in [1.29, 1.82) is 0 Å². The van der Waals surface area contributed by atoms with Crippen LogP contribution in [0.25, 0.3) is 28.5 Å². The Morgan fingerprint density at radius 1 is 0.971 bits per heavy atom. The highest BCUT2D eigenvalue weighted by molar-refractivity contribution is 5.81. The topological polar surface area (TPSA) is 90.7 Å².